The molecule has 6 nitrogen and oxygen atoms in total. The average Bonchev–Trinajstić information content (AvgIpc) is 2.29. The van der Waals surface area contributed by atoms with E-state index < -0.39 is 11.8 Å². The van der Waals surface area contributed by atoms with E-state index in [1.807, 2.05) is 0 Å². The largest absolute Gasteiger partial charge is 0.497 e. The van der Waals surface area contributed by atoms with Crippen LogP contribution in [-0.2, 0) is 9.59 Å². The number of anilines is 1. The Balaban J connectivity index is 2.96. The summed E-state index contributed by atoms with van der Waals surface area (Å²) in [5.74, 6) is -0.996. The maximum Gasteiger partial charge on any atom is 0.313 e. The van der Waals surface area contributed by atoms with Gasteiger partial charge in [0.2, 0.25) is 0 Å². The molecule has 0 spiro atoms. The van der Waals surface area contributed by atoms with Crippen molar-refractivity contribution in [3.05, 3.63) is 18.2 Å². The maximum absolute atomic E-state index is 11.1. The number of primary amides is 1. The van der Waals surface area contributed by atoms with Crippen LogP contribution in [0.15, 0.2) is 18.2 Å². The number of amides is 2. The van der Waals surface area contributed by atoms with Gasteiger partial charge in [0.25, 0.3) is 0 Å². The number of hydrogen-bond acceptors (Lipinski definition) is 4. The van der Waals surface area contributed by atoms with Crippen molar-refractivity contribution in [2.75, 3.05) is 19.5 Å². The van der Waals surface area contributed by atoms with Gasteiger partial charge in [-0.25, -0.2) is 0 Å². The molecular weight excluding hydrogens is 212 g/mol. The van der Waals surface area contributed by atoms with Gasteiger partial charge < -0.3 is 20.5 Å². The summed E-state index contributed by atoms with van der Waals surface area (Å²) < 4.78 is 10.0. The van der Waals surface area contributed by atoms with Crippen LogP contribution in [0.3, 0.4) is 0 Å². The Hall–Kier alpha value is -2.24. The molecule has 0 atom stereocenters. The molecule has 0 saturated carbocycles. The van der Waals surface area contributed by atoms with Gasteiger partial charge >= 0.3 is 11.8 Å². The molecule has 0 aliphatic carbocycles. The fourth-order valence-electron chi connectivity index (χ4n) is 1.09. The van der Waals surface area contributed by atoms with Crippen molar-refractivity contribution in [2.45, 2.75) is 0 Å². The number of carbonyl (C=O) groups is 2. The molecule has 0 aliphatic heterocycles. The van der Waals surface area contributed by atoms with E-state index in [2.05, 4.69) is 5.32 Å². The van der Waals surface area contributed by atoms with Crippen LogP contribution in [0, 0.1) is 0 Å². The Morgan fingerprint density at radius 3 is 2.44 bits per heavy atom. The molecule has 6 heteroatoms. The fourth-order valence-corrected chi connectivity index (χ4v) is 1.09. The van der Waals surface area contributed by atoms with Gasteiger partial charge in [0, 0.05) is 6.07 Å². The minimum Gasteiger partial charge on any atom is -0.497 e. The van der Waals surface area contributed by atoms with Crippen LogP contribution in [0.25, 0.3) is 0 Å². The third-order valence-electron chi connectivity index (χ3n) is 1.88. The van der Waals surface area contributed by atoms with Gasteiger partial charge in [-0.3, -0.25) is 9.59 Å². The van der Waals surface area contributed by atoms with Crippen molar-refractivity contribution in [1.29, 1.82) is 0 Å². The second kappa shape index (κ2) is 5.01. The quantitative estimate of drug-likeness (QED) is 0.714. The molecule has 0 bridgehead atoms. The summed E-state index contributed by atoms with van der Waals surface area (Å²) in [5.41, 5.74) is 5.17. The van der Waals surface area contributed by atoms with Crippen LogP contribution in [0.1, 0.15) is 0 Å². The predicted molar refractivity (Wildman–Crippen MR) is 57.4 cm³/mol. The molecule has 0 unspecified atom stereocenters. The number of nitrogens with two attached hydrogens (primary N) is 1. The van der Waals surface area contributed by atoms with Gasteiger partial charge in [0.15, 0.2) is 0 Å². The molecule has 0 fully saturated rings. The first-order valence-corrected chi connectivity index (χ1v) is 4.41. The lowest BCUT2D eigenvalue weighted by atomic mass is 10.2. The highest BCUT2D eigenvalue weighted by atomic mass is 16.5. The molecule has 3 N–H and O–H groups in total. The van der Waals surface area contributed by atoms with Gasteiger partial charge in [-0.05, 0) is 12.1 Å². The number of carbonyl (C=O) groups excluding carboxylic acids is 2. The fraction of sp³-hybridized carbons (Fsp3) is 0.200. The van der Waals surface area contributed by atoms with E-state index in [0.29, 0.717) is 17.2 Å². The lowest BCUT2D eigenvalue weighted by molar-refractivity contribution is -0.134. The molecule has 1 rings (SSSR count). The van der Waals surface area contributed by atoms with Crippen molar-refractivity contribution in [1.82, 2.24) is 0 Å². The van der Waals surface area contributed by atoms with E-state index in [9.17, 15) is 9.59 Å². The predicted octanol–water partition coefficient (Wildman–Crippen LogP) is 0.128. The minimum absolute atomic E-state index is 0.354. The minimum atomic E-state index is -1.06. The number of rotatable bonds is 3. The van der Waals surface area contributed by atoms with E-state index in [-0.39, 0.29) is 0 Å². The van der Waals surface area contributed by atoms with Crippen molar-refractivity contribution < 1.29 is 19.1 Å². The number of benzene rings is 1. The van der Waals surface area contributed by atoms with E-state index >= 15 is 0 Å². The van der Waals surface area contributed by atoms with E-state index in [1.165, 1.54) is 14.2 Å². The molecule has 0 saturated heterocycles. The second-order valence-corrected chi connectivity index (χ2v) is 2.88. The molecule has 86 valence electrons. The molecule has 2 amide bonds. The summed E-state index contributed by atoms with van der Waals surface area (Å²) >= 11 is 0. The zero-order valence-corrected chi connectivity index (χ0v) is 8.94. The highest BCUT2D eigenvalue weighted by Gasteiger charge is 2.12. The number of nitrogens with one attached hydrogen (secondary N) is 1. The SMILES string of the molecule is COc1ccc(NC(=O)C(N)=O)c(OC)c1. The van der Waals surface area contributed by atoms with Gasteiger partial charge in [0.1, 0.15) is 11.5 Å². The first-order valence-electron chi connectivity index (χ1n) is 4.41. The molecule has 1 aromatic carbocycles. The van der Waals surface area contributed by atoms with Gasteiger partial charge in [-0.1, -0.05) is 0 Å². The molecule has 1 aromatic rings. The van der Waals surface area contributed by atoms with Crippen molar-refractivity contribution in [3.63, 3.8) is 0 Å². The highest BCUT2D eigenvalue weighted by molar-refractivity contribution is 6.39. The van der Waals surface area contributed by atoms with Gasteiger partial charge in [-0.15, -0.1) is 0 Å². The average molecular weight is 224 g/mol. The molecule has 0 aliphatic rings. The van der Waals surface area contributed by atoms with Crippen LogP contribution in [0.2, 0.25) is 0 Å². The smallest absolute Gasteiger partial charge is 0.313 e. The van der Waals surface area contributed by atoms with Crippen molar-refractivity contribution in [3.8, 4) is 11.5 Å². The summed E-state index contributed by atoms with van der Waals surface area (Å²) in [7, 11) is 2.95. The Bertz CT molecular complexity index is 417. The first kappa shape index (κ1) is 11.8. The lowest BCUT2D eigenvalue weighted by Crippen LogP contribution is -2.29. The Kier molecular flexibility index (Phi) is 3.71. The topological polar surface area (TPSA) is 90.6 Å². The summed E-state index contributed by atoms with van der Waals surface area (Å²) in [6.45, 7) is 0. The van der Waals surface area contributed by atoms with Crippen LogP contribution in [0.4, 0.5) is 5.69 Å². The summed E-state index contributed by atoms with van der Waals surface area (Å²) in [4.78, 5) is 21.6. The lowest BCUT2D eigenvalue weighted by Gasteiger charge is -2.10. The van der Waals surface area contributed by atoms with E-state index in [0.717, 1.165) is 0 Å². The van der Waals surface area contributed by atoms with Crippen LogP contribution in [0.5, 0.6) is 11.5 Å². The van der Waals surface area contributed by atoms with Gasteiger partial charge in [0.05, 0.1) is 19.9 Å². The summed E-state index contributed by atoms with van der Waals surface area (Å²) in [6, 6.07) is 4.76. The zero-order valence-electron chi connectivity index (χ0n) is 8.94. The van der Waals surface area contributed by atoms with E-state index in [1.54, 1.807) is 18.2 Å². The summed E-state index contributed by atoms with van der Waals surface area (Å²) in [6.07, 6.45) is 0. The molecule has 16 heavy (non-hydrogen) atoms. The van der Waals surface area contributed by atoms with Crippen molar-refractivity contribution in [2.24, 2.45) is 5.73 Å². The Labute approximate surface area is 92.3 Å². The van der Waals surface area contributed by atoms with Crippen LogP contribution < -0.4 is 20.5 Å². The van der Waals surface area contributed by atoms with Gasteiger partial charge in [-0.2, -0.15) is 0 Å². The molecular formula is C10H12N2O4. The summed E-state index contributed by atoms with van der Waals surface area (Å²) in [5, 5.41) is 2.32. The third-order valence-corrected chi connectivity index (χ3v) is 1.88. The highest BCUT2D eigenvalue weighted by Crippen LogP contribution is 2.28. The van der Waals surface area contributed by atoms with Crippen LogP contribution >= 0.6 is 0 Å². The van der Waals surface area contributed by atoms with Crippen molar-refractivity contribution >= 4 is 17.5 Å². The molecule has 0 radical (unpaired) electrons. The monoisotopic (exact) mass is 224 g/mol. The normalized spacial score (nSPS) is 9.38. The number of hydrogen-bond donors (Lipinski definition) is 2. The maximum atomic E-state index is 11.1. The zero-order chi connectivity index (χ0) is 12.1. The van der Waals surface area contributed by atoms with E-state index in [4.69, 9.17) is 15.2 Å². The Morgan fingerprint density at radius 1 is 1.25 bits per heavy atom. The first-order chi connectivity index (χ1) is 7.58. The molecule has 0 heterocycles. The molecule has 0 aromatic heterocycles. The number of methoxy groups -OCH3 is 2. The number of ether oxygens (including phenoxy) is 2. The third kappa shape index (κ3) is 2.63. The Morgan fingerprint density at radius 2 is 1.94 bits per heavy atom. The van der Waals surface area contributed by atoms with Crippen LogP contribution in [-0.4, -0.2) is 26.0 Å². The standard InChI is InChI=1S/C10H12N2O4/c1-15-6-3-4-7(8(5-6)16-2)12-10(14)9(11)13/h3-5H,1-2H3,(H2,11,13)(H,12,14). The second-order valence-electron chi connectivity index (χ2n) is 2.88.